The van der Waals surface area contributed by atoms with E-state index in [0.29, 0.717) is 0 Å². The number of hydrogen-bond donors (Lipinski definition) is 0. The largest absolute Gasteiger partial charge is 0.299 e. The fraction of sp³-hybridized carbons (Fsp3) is 0.545. The van der Waals surface area contributed by atoms with Gasteiger partial charge >= 0.3 is 0 Å². The molecule has 0 aromatic carbocycles. The monoisotopic (exact) mass is 166 g/mol. The predicted molar refractivity (Wildman–Crippen MR) is 53.1 cm³/mol. The lowest BCUT2D eigenvalue weighted by atomic mass is 10.1. The third kappa shape index (κ3) is 9.15. The van der Waals surface area contributed by atoms with Crippen molar-refractivity contribution in [2.75, 3.05) is 0 Å². The second-order valence-corrected chi connectivity index (χ2v) is 2.80. The third-order valence-electron chi connectivity index (χ3n) is 1.66. The van der Waals surface area contributed by atoms with Crippen LogP contribution in [0.4, 0.5) is 0 Å². The van der Waals surface area contributed by atoms with E-state index in [0.717, 1.165) is 12.7 Å². The van der Waals surface area contributed by atoms with Crippen LogP contribution in [-0.2, 0) is 4.79 Å². The molecular weight excluding hydrogens is 148 g/mol. The van der Waals surface area contributed by atoms with E-state index < -0.39 is 0 Å². The molecule has 0 aliphatic carbocycles. The molecule has 0 radical (unpaired) electrons. The van der Waals surface area contributed by atoms with Gasteiger partial charge in [0.15, 0.2) is 0 Å². The van der Waals surface area contributed by atoms with Gasteiger partial charge in [0, 0.05) is 0 Å². The Morgan fingerprint density at radius 1 is 1.00 bits per heavy atom. The van der Waals surface area contributed by atoms with Gasteiger partial charge < -0.3 is 0 Å². The lowest BCUT2D eigenvalue weighted by Gasteiger charge is -1.92. The van der Waals surface area contributed by atoms with Gasteiger partial charge in [-0.25, -0.2) is 0 Å². The molecule has 0 aliphatic rings. The maximum absolute atomic E-state index is 9.86. The normalized spacial score (nSPS) is 11.4. The first-order valence-electron chi connectivity index (χ1n) is 4.68. The van der Waals surface area contributed by atoms with Crippen LogP contribution in [-0.4, -0.2) is 6.29 Å². The molecule has 0 fully saturated rings. The van der Waals surface area contributed by atoms with Crippen molar-refractivity contribution in [3.05, 3.63) is 24.3 Å². The summed E-state index contributed by atoms with van der Waals surface area (Å²) in [6, 6.07) is 0. The Kier molecular flexibility index (Phi) is 9.43. The highest BCUT2D eigenvalue weighted by Gasteiger charge is 1.82. The molecule has 1 heteroatoms. The molecule has 0 saturated carbocycles. The predicted octanol–water partition coefficient (Wildman–Crippen LogP) is 3.27. The Hall–Kier alpha value is -0.850. The topological polar surface area (TPSA) is 17.1 Å². The molecule has 12 heavy (non-hydrogen) atoms. The number of hydrogen-bond acceptors (Lipinski definition) is 1. The van der Waals surface area contributed by atoms with E-state index in [1.54, 1.807) is 6.08 Å². The number of unbranched alkanes of at least 4 members (excludes halogenated alkanes) is 4. The Bertz CT molecular complexity index is 145. The number of aldehydes is 1. The Labute approximate surface area is 75.2 Å². The summed E-state index contributed by atoms with van der Waals surface area (Å²) in [4.78, 5) is 9.86. The van der Waals surface area contributed by atoms with E-state index in [-0.39, 0.29) is 0 Å². The number of rotatable bonds is 7. The fourth-order valence-corrected chi connectivity index (χ4v) is 0.973. The maximum atomic E-state index is 9.86. The Balaban J connectivity index is 3.13. The molecule has 0 aromatic heterocycles. The molecular formula is C11H18O. The second kappa shape index (κ2) is 10.2. The average molecular weight is 166 g/mol. The van der Waals surface area contributed by atoms with E-state index in [4.69, 9.17) is 0 Å². The Morgan fingerprint density at radius 2 is 1.83 bits per heavy atom. The van der Waals surface area contributed by atoms with Crippen LogP contribution in [0.3, 0.4) is 0 Å². The zero-order valence-electron chi connectivity index (χ0n) is 7.83. The molecule has 0 amide bonds. The standard InChI is InChI=1S/C11H18O/c1-2-3-4-5-6-7-8-9-10-11-12/h7-11H,2-6H2,1H3. The van der Waals surface area contributed by atoms with Crippen molar-refractivity contribution in [2.45, 2.75) is 39.0 Å². The highest BCUT2D eigenvalue weighted by molar-refractivity contribution is 5.65. The van der Waals surface area contributed by atoms with Crippen LogP contribution in [0.15, 0.2) is 24.3 Å². The summed E-state index contributed by atoms with van der Waals surface area (Å²) >= 11 is 0. The lowest BCUT2D eigenvalue weighted by Crippen LogP contribution is -1.73. The molecule has 0 spiro atoms. The summed E-state index contributed by atoms with van der Waals surface area (Å²) in [5.41, 5.74) is 0. The van der Waals surface area contributed by atoms with Crippen molar-refractivity contribution in [2.24, 2.45) is 0 Å². The minimum atomic E-state index is 0.793. The minimum absolute atomic E-state index is 0.793. The average Bonchev–Trinajstić information content (AvgIpc) is 2.10. The van der Waals surface area contributed by atoms with Crippen molar-refractivity contribution < 1.29 is 4.79 Å². The first kappa shape index (κ1) is 11.2. The van der Waals surface area contributed by atoms with E-state index in [9.17, 15) is 4.79 Å². The SMILES string of the molecule is CCCCCCC=CC=CC=O. The van der Waals surface area contributed by atoms with Crippen LogP contribution in [0, 0.1) is 0 Å². The van der Waals surface area contributed by atoms with Crippen LogP contribution in [0.25, 0.3) is 0 Å². The van der Waals surface area contributed by atoms with Crippen LogP contribution in [0.1, 0.15) is 39.0 Å². The molecule has 0 saturated heterocycles. The van der Waals surface area contributed by atoms with Crippen LogP contribution >= 0.6 is 0 Å². The van der Waals surface area contributed by atoms with Gasteiger partial charge in [-0.1, -0.05) is 44.4 Å². The van der Waals surface area contributed by atoms with E-state index in [1.807, 2.05) is 6.08 Å². The smallest absolute Gasteiger partial charge is 0.142 e. The molecule has 0 heterocycles. The van der Waals surface area contributed by atoms with Crippen LogP contribution < -0.4 is 0 Å². The van der Waals surface area contributed by atoms with Crippen molar-refractivity contribution >= 4 is 6.29 Å². The van der Waals surface area contributed by atoms with Gasteiger partial charge in [0.25, 0.3) is 0 Å². The summed E-state index contributed by atoms with van der Waals surface area (Å²) in [5, 5.41) is 0. The van der Waals surface area contributed by atoms with Gasteiger partial charge in [0.05, 0.1) is 0 Å². The van der Waals surface area contributed by atoms with Crippen molar-refractivity contribution in [1.29, 1.82) is 0 Å². The van der Waals surface area contributed by atoms with Crippen molar-refractivity contribution in [3.63, 3.8) is 0 Å². The summed E-state index contributed by atoms with van der Waals surface area (Å²) in [6.07, 6.45) is 14.4. The van der Waals surface area contributed by atoms with Gasteiger partial charge in [0.2, 0.25) is 0 Å². The molecule has 0 unspecified atom stereocenters. The van der Waals surface area contributed by atoms with E-state index in [1.165, 1.54) is 31.8 Å². The number of allylic oxidation sites excluding steroid dienone is 4. The summed E-state index contributed by atoms with van der Waals surface area (Å²) < 4.78 is 0. The molecule has 0 bridgehead atoms. The first-order chi connectivity index (χ1) is 5.91. The highest BCUT2D eigenvalue weighted by Crippen LogP contribution is 2.02. The van der Waals surface area contributed by atoms with Gasteiger partial charge in [-0.3, -0.25) is 4.79 Å². The van der Waals surface area contributed by atoms with Gasteiger partial charge in [-0.2, -0.15) is 0 Å². The summed E-state index contributed by atoms with van der Waals surface area (Å²) in [5.74, 6) is 0. The quantitative estimate of drug-likeness (QED) is 0.245. The zero-order valence-corrected chi connectivity index (χ0v) is 7.83. The first-order valence-corrected chi connectivity index (χ1v) is 4.68. The molecule has 0 N–H and O–H groups in total. The minimum Gasteiger partial charge on any atom is -0.299 e. The van der Waals surface area contributed by atoms with E-state index >= 15 is 0 Å². The lowest BCUT2D eigenvalue weighted by molar-refractivity contribution is -0.104. The fourth-order valence-electron chi connectivity index (χ4n) is 0.973. The number of carbonyl (C=O) groups excluding carboxylic acids is 1. The summed E-state index contributed by atoms with van der Waals surface area (Å²) in [7, 11) is 0. The molecule has 0 rings (SSSR count). The van der Waals surface area contributed by atoms with Crippen molar-refractivity contribution in [1.82, 2.24) is 0 Å². The third-order valence-corrected chi connectivity index (χ3v) is 1.66. The Morgan fingerprint density at radius 3 is 2.50 bits per heavy atom. The maximum Gasteiger partial charge on any atom is 0.142 e. The van der Waals surface area contributed by atoms with Gasteiger partial charge in [-0.15, -0.1) is 0 Å². The highest BCUT2D eigenvalue weighted by atomic mass is 16.1. The van der Waals surface area contributed by atoms with Gasteiger partial charge in [-0.05, 0) is 18.9 Å². The van der Waals surface area contributed by atoms with E-state index in [2.05, 4.69) is 13.0 Å². The number of carbonyl (C=O) groups is 1. The van der Waals surface area contributed by atoms with Crippen LogP contribution in [0.5, 0.6) is 0 Å². The molecule has 0 aromatic rings. The van der Waals surface area contributed by atoms with Gasteiger partial charge in [0.1, 0.15) is 6.29 Å². The molecule has 1 nitrogen and oxygen atoms in total. The van der Waals surface area contributed by atoms with Crippen molar-refractivity contribution in [3.8, 4) is 0 Å². The second-order valence-electron chi connectivity index (χ2n) is 2.80. The summed E-state index contributed by atoms with van der Waals surface area (Å²) in [6.45, 7) is 2.21. The zero-order chi connectivity index (χ0) is 9.07. The molecule has 0 aliphatic heterocycles. The molecule has 68 valence electrons. The van der Waals surface area contributed by atoms with Crippen LogP contribution in [0.2, 0.25) is 0 Å². The molecule has 0 atom stereocenters.